The summed E-state index contributed by atoms with van der Waals surface area (Å²) in [5.74, 6) is 1.69. The standard InChI is InChI=1S/C13H16BrN5/c1-7(2)19-6-9(5-16-19)13-17-11(8-3-4-8)10(14)12(15)18-13/h5-8H,3-4H2,1-2H3,(H2,15,17,18). The number of nitrogens with two attached hydrogens (primary N) is 1. The van der Waals surface area contributed by atoms with Crippen LogP contribution in [0.15, 0.2) is 16.9 Å². The van der Waals surface area contributed by atoms with E-state index in [1.54, 1.807) is 6.20 Å². The third-order valence-electron chi connectivity index (χ3n) is 3.26. The number of hydrogen-bond acceptors (Lipinski definition) is 4. The van der Waals surface area contributed by atoms with Gasteiger partial charge in [-0.25, -0.2) is 9.97 Å². The van der Waals surface area contributed by atoms with E-state index in [-0.39, 0.29) is 0 Å². The third kappa shape index (κ3) is 2.36. The largest absolute Gasteiger partial charge is 0.383 e. The number of halogens is 1. The minimum Gasteiger partial charge on any atom is -0.383 e. The van der Waals surface area contributed by atoms with Crippen LogP contribution in [-0.4, -0.2) is 19.7 Å². The monoisotopic (exact) mass is 321 g/mol. The molecule has 0 spiro atoms. The highest BCUT2D eigenvalue weighted by Gasteiger charge is 2.29. The second-order valence-corrected chi connectivity index (χ2v) is 6.00. The summed E-state index contributed by atoms with van der Waals surface area (Å²) >= 11 is 3.49. The summed E-state index contributed by atoms with van der Waals surface area (Å²) < 4.78 is 2.74. The Hall–Kier alpha value is -1.43. The Kier molecular flexibility index (Phi) is 3.05. The van der Waals surface area contributed by atoms with Crippen LogP contribution < -0.4 is 5.73 Å². The van der Waals surface area contributed by atoms with Crippen molar-refractivity contribution in [2.24, 2.45) is 0 Å². The lowest BCUT2D eigenvalue weighted by atomic mass is 10.2. The summed E-state index contributed by atoms with van der Waals surface area (Å²) in [6, 6.07) is 0.324. The van der Waals surface area contributed by atoms with E-state index >= 15 is 0 Å². The highest BCUT2D eigenvalue weighted by Crippen LogP contribution is 2.43. The summed E-state index contributed by atoms with van der Waals surface area (Å²) in [5, 5.41) is 4.32. The third-order valence-corrected chi connectivity index (χ3v) is 4.07. The molecular formula is C13H16BrN5. The first-order valence-electron chi connectivity index (χ1n) is 6.43. The van der Waals surface area contributed by atoms with Crippen LogP contribution in [0.25, 0.3) is 11.4 Å². The van der Waals surface area contributed by atoms with E-state index in [4.69, 9.17) is 5.73 Å². The molecule has 100 valence electrons. The van der Waals surface area contributed by atoms with Gasteiger partial charge in [0.05, 0.1) is 21.9 Å². The van der Waals surface area contributed by atoms with E-state index < -0.39 is 0 Å². The van der Waals surface area contributed by atoms with Crippen molar-refractivity contribution in [3.63, 3.8) is 0 Å². The van der Waals surface area contributed by atoms with Gasteiger partial charge >= 0.3 is 0 Å². The van der Waals surface area contributed by atoms with Crippen LogP contribution in [0.3, 0.4) is 0 Å². The first-order chi connectivity index (χ1) is 9.06. The fraction of sp³-hybridized carbons (Fsp3) is 0.462. The maximum absolute atomic E-state index is 5.97. The molecule has 1 saturated carbocycles. The Labute approximate surface area is 120 Å². The van der Waals surface area contributed by atoms with Gasteiger partial charge in [0.25, 0.3) is 0 Å². The lowest BCUT2D eigenvalue weighted by Crippen LogP contribution is -2.02. The number of anilines is 1. The van der Waals surface area contributed by atoms with E-state index in [9.17, 15) is 0 Å². The first-order valence-corrected chi connectivity index (χ1v) is 7.23. The van der Waals surface area contributed by atoms with E-state index in [1.165, 1.54) is 12.8 Å². The Morgan fingerprint density at radius 1 is 1.37 bits per heavy atom. The molecule has 1 fully saturated rings. The fourth-order valence-electron chi connectivity index (χ4n) is 1.97. The number of hydrogen-bond donors (Lipinski definition) is 1. The Bertz CT molecular complexity index is 615. The molecule has 2 heterocycles. The van der Waals surface area contributed by atoms with Crippen molar-refractivity contribution in [1.82, 2.24) is 19.7 Å². The van der Waals surface area contributed by atoms with Gasteiger partial charge in [-0.15, -0.1) is 0 Å². The van der Waals surface area contributed by atoms with Crippen LogP contribution in [0.1, 0.15) is 44.3 Å². The molecule has 1 aliphatic carbocycles. The van der Waals surface area contributed by atoms with Gasteiger partial charge in [-0.1, -0.05) is 0 Å². The van der Waals surface area contributed by atoms with Crippen molar-refractivity contribution in [1.29, 1.82) is 0 Å². The molecule has 0 aliphatic heterocycles. The van der Waals surface area contributed by atoms with Crippen molar-refractivity contribution >= 4 is 21.7 Å². The molecule has 0 aromatic carbocycles. The molecule has 19 heavy (non-hydrogen) atoms. The zero-order chi connectivity index (χ0) is 13.6. The molecule has 5 nitrogen and oxygen atoms in total. The molecule has 0 atom stereocenters. The zero-order valence-electron chi connectivity index (χ0n) is 11.0. The van der Waals surface area contributed by atoms with E-state index in [0.717, 1.165) is 15.7 Å². The molecule has 6 heteroatoms. The maximum atomic E-state index is 5.97. The Balaban J connectivity index is 2.04. The van der Waals surface area contributed by atoms with Gasteiger partial charge in [0, 0.05) is 18.2 Å². The number of nitrogens with zero attached hydrogens (tertiary/aromatic N) is 4. The number of rotatable bonds is 3. The molecular weight excluding hydrogens is 306 g/mol. The molecule has 2 N–H and O–H groups in total. The second-order valence-electron chi connectivity index (χ2n) is 5.21. The normalized spacial score (nSPS) is 15.2. The van der Waals surface area contributed by atoms with Crippen LogP contribution in [0.2, 0.25) is 0 Å². The van der Waals surface area contributed by atoms with Crippen LogP contribution in [-0.2, 0) is 0 Å². The molecule has 0 bridgehead atoms. The maximum Gasteiger partial charge on any atom is 0.165 e. The predicted octanol–water partition coefficient (Wildman–Crippen LogP) is 3.14. The van der Waals surface area contributed by atoms with Crippen molar-refractivity contribution in [2.75, 3.05) is 5.73 Å². The number of aromatic nitrogens is 4. The van der Waals surface area contributed by atoms with Crippen LogP contribution in [0.5, 0.6) is 0 Å². The summed E-state index contributed by atoms with van der Waals surface area (Å²) in [5.41, 5.74) is 7.91. The predicted molar refractivity (Wildman–Crippen MR) is 77.7 cm³/mol. The molecule has 2 aromatic heterocycles. The molecule has 2 aromatic rings. The minimum absolute atomic E-state index is 0.324. The van der Waals surface area contributed by atoms with Crippen LogP contribution in [0, 0.1) is 0 Å². The van der Waals surface area contributed by atoms with Gasteiger partial charge in [-0.05, 0) is 42.6 Å². The average Bonchev–Trinajstić information content (AvgIpc) is 3.08. The highest BCUT2D eigenvalue weighted by atomic mass is 79.9. The lowest BCUT2D eigenvalue weighted by molar-refractivity contribution is 0.532. The van der Waals surface area contributed by atoms with Gasteiger partial charge in [0.15, 0.2) is 5.82 Å². The summed E-state index contributed by atoms with van der Waals surface area (Å²) in [7, 11) is 0. The van der Waals surface area contributed by atoms with E-state index in [2.05, 4.69) is 44.8 Å². The Morgan fingerprint density at radius 2 is 2.11 bits per heavy atom. The molecule has 0 saturated heterocycles. The van der Waals surface area contributed by atoms with Crippen molar-refractivity contribution in [3.05, 3.63) is 22.6 Å². The summed E-state index contributed by atoms with van der Waals surface area (Å²) in [4.78, 5) is 9.00. The van der Waals surface area contributed by atoms with Crippen molar-refractivity contribution in [2.45, 2.75) is 38.6 Å². The smallest absolute Gasteiger partial charge is 0.165 e. The van der Waals surface area contributed by atoms with Crippen molar-refractivity contribution in [3.8, 4) is 11.4 Å². The minimum atomic E-state index is 0.324. The zero-order valence-corrected chi connectivity index (χ0v) is 12.6. The molecule has 0 unspecified atom stereocenters. The highest BCUT2D eigenvalue weighted by molar-refractivity contribution is 9.10. The lowest BCUT2D eigenvalue weighted by Gasteiger charge is -2.07. The topological polar surface area (TPSA) is 69.6 Å². The second kappa shape index (κ2) is 4.59. The molecule has 0 amide bonds. The summed E-state index contributed by atoms with van der Waals surface area (Å²) in [6.45, 7) is 4.17. The van der Waals surface area contributed by atoms with E-state index in [0.29, 0.717) is 23.6 Å². The number of nitrogen functional groups attached to an aromatic ring is 1. The summed E-state index contributed by atoms with van der Waals surface area (Å²) in [6.07, 6.45) is 6.11. The average molecular weight is 322 g/mol. The van der Waals surface area contributed by atoms with Gasteiger partial charge in [-0.2, -0.15) is 5.10 Å². The van der Waals surface area contributed by atoms with E-state index in [1.807, 2.05) is 10.9 Å². The van der Waals surface area contributed by atoms with Gasteiger partial charge in [-0.3, -0.25) is 4.68 Å². The van der Waals surface area contributed by atoms with Gasteiger partial charge in [0.1, 0.15) is 5.82 Å². The molecule has 0 radical (unpaired) electrons. The van der Waals surface area contributed by atoms with Crippen molar-refractivity contribution < 1.29 is 0 Å². The van der Waals surface area contributed by atoms with Crippen LogP contribution in [0.4, 0.5) is 5.82 Å². The van der Waals surface area contributed by atoms with Gasteiger partial charge < -0.3 is 5.73 Å². The SMILES string of the molecule is CC(C)n1cc(-c2nc(N)c(Br)c(C3CC3)n2)cn1. The fourth-order valence-corrected chi connectivity index (χ4v) is 2.48. The first kappa shape index (κ1) is 12.6. The Morgan fingerprint density at radius 3 is 2.68 bits per heavy atom. The molecule has 3 rings (SSSR count). The quantitative estimate of drug-likeness (QED) is 0.942. The molecule has 1 aliphatic rings. The van der Waals surface area contributed by atoms with Crippen LogP contribution >= 0.6 is 15.9 Å². The van der Waals surface area contributed by atoms with Gasteiger partial charge in [0.2, 0.25) is 0 Å².